The molecule has 0 bridgehead atoms. The maximum absolute atomic E-state index is 12.0. The minimum Gasteiger partial charge on any atom is -0.273 e. The maximum atomic E-state index is 12.0. The first kappa shape index (κ1) is 15.2. The van der Waals surface area contributed by atoms with Gasteiger partial charge >= 0.3 is 0 Å². The van der Waals surface area contributed by atoms with E-state index in [0.717, 1.165) is 18.4 Å². The van der Waals surface area contributed by atoms with Crippen molar-refractivity contribution in [1.82, 2.24) is 15.8 Å². The summed E-state index contributed by atoms with van der Waals surface area (Å²) in [7, 11) is 0. The lowest BCUT2D eigenvalue weighted by Crippen LogP contribution is -2.42. The van der Waals surface area contributed by atoms with Crippen molar-refractivity contribution in [3.05, 3.63) is 65.0 Å². The molecule has 0 aliphatic heterocycles. The molecule has 0 fully saturated rings. The minimum absolute atomic E-state index is 0.238. The number of benzene rings is 1. The van der Waals surface area contributed by atoms with Gasteiger partial charge in [0.05, 0.1) is 12.0 Å². The zero-order valence-corrected chi connectivity index (χ0v) is 12.8. The summed E-state index contributed by atoms with van der Waals surface area (Å²) >= 11 is 0. The Morgan fingerprint density at radius 3 is 2.65 bits per heavy atom. The third kappa shape index (κ3) is 3.94. The van der Waals surface area contributed by atoms with Gasteiger partial charge < -0.3 is 0 Å². The number of rotatable bonds is 3. The van der Waals surface area contributed by atoms with Crippen LogP contribution in [0.15, 0.2) is 42.7 Å². The standard InChI is InChI=1S/C18H19N3O2/c22-17(20-21-18(23)16-6-3-9-19-12-16)11-13-7-8-14-4-1-2-5-15(14)10-13/h3,6-10,12H,1-2,4-5,11H2,(H,20,22)(H,21,23). The second kappa shape index (κ2) is 7.05. The molecule has 1 aromatic carbocycles. The molecule has 2 N–H and O–H groups in total. The molecule has 1 heterocycles. The van der Waals surface area contributed by atoms with E-state index in [1.807, 2.05) is 6.07 Å². The number of hydrazine groups is 1. The van der Waals surface area contributed by atoms with Crippen LogP contribution in [0.4, 0.5) is 0 Å². The van der Waals surface area contributed by atoms with Crippen molar-refractivity contribution in [1.29, 1.82) is 0 Å². The highest BCUT2D eigenvalue weighted by atomic mass is 16.2. The number of amides is 2. The average molecular weight is 309 g/mol. The SMILES string of the molecule is O=C(Cc1ccc2c(c1)CCCC2)NNC(=O)c1cccnc1. The van der Waals surface area contributed by atoms with Gasteiger partial charge in [-0.05, 0) is 54.5 Å². The fourth-order valence-corrected chi connectivity index (χ4v) is 2.82. The number of carbonyl (C=O) groups is 2. The van der Waals surface area contributed by atoms with E-state index < -0.39 is 0 Å². The van der Waals surface area contributed by atoms with Crippen LogP contribution in [0.2, 0.25) is 0 Å². The number of hydrogen-bond donors (Lipinski definition) is 2. The topological polar surface area (TPSA) is 71.1 Å². The molecule has 2 aromatic rings. The highest BCUT2D eigenvalue weighted by Gasteiger charge is 2.12. The van der Waals surface area contributed by atoms with Crippen LogP contribution in [0.1, 0.15) is 39.9 Å². The smallest absolute Gasteiger partial charge is 0.271 e. The number of carbonyl (C=O) groups excluding carboxylic acids is 2. The van der Waals surface area contributed by atoms with Crippen LogP contribution in [-0.4, -0.2) is 16.8 Å². The van der Waals surface area contributed by atoms with Crippen LogP contribution in [0.25, 0.3) is 0 Å². The molecule has 2 amide bonds. The summed E-state index contributed by atoms with van der Waals surface area (Å²) in [6.07, 6.45) is 7.96. The van der Waals surface area contributed by atoms with Crippen LogP contribution in [0, 0.1) is 0 Å². The Bertz CT molecular complexity index is 713. The van der Waals surface area contributed by atoms with Crippen molar-refractivity contribution >= 4 is 11.8 Å². The number of pyridine rings is 1. The van der Waals surface area contributed by atoms with E-state index in [4.69, 9.17) is 0 Å². The quantitative estimate of drug-likeness (QED) is 0.852. The Morgan fingerprint density at radius 2 is 1.87 bits per heavy atom. The molecule has 0 radical (unpaired) electrons. The largest absolute Gasteiger partial charge is 0.273 e. The molecule has 1 aromatic heterocycles. The van der Waals surface area contributed by atoms with E-state index in [2.05, 4.69) is 28.0 Å². The van der Waals surface area contributed by atoms with Gasteiger partial charge in [-0.15, -0.1) is 0 Å². The summed E-state index contributed by atoms with van der Waals surface area (Å²) in [4.78, 5) is 27.7. The van der Waals surface area contributed by atoms with Crippen LogP contribution < -0.4 is 10.9 Å². The van der Waals surface area contributed by atoms with Crippen LogP contribution in [-0.2, 0) is 24.1 Å². The van der Waals surface area contributed by atoms with E-state index in [9.17, 15) is 9.59 Å². The first-order valence-corrected chi connectivity index (χ1v) is 7.82. The molecule has 118 valence electrons. The minimum atomic E-state index is -0.378. The number of fused-ring (bicyclic) bond motifs is 1. The molecule has 0 saturated heterocycles. The third-order valence-electron chi connectivity index (χ3n) is 4.02. The molecule has 1 aliphatic rings. The van der Waals surface area contributed by atoms with Gasteiger partial charge in [-0.25, -0.2) is 0 Å². The van der Waals surface area contributed by atoms with Crippen molar-refractivity contribution in [3.63, 3.8) is 0 Å². The Kier molecular flexibility index (Phi) is 4.66. The van der Waals surface area contributed by atoms with Crippen LogP contribution in [0.3, 0.4) is 0 Å². The van der Waals surface area contributed by atoms with Crippen molar-refractivity contribution in [3.8, 4) is 0 Å². The summed E-state index contributed by atoms with van der Waals surface area (Å²) in [5, 5.41) is 0. The predicted octanol–water partition coefficient (Wildman–Crippen LogP) is 1.96. The van der Waals surface area contributed by atoms with Gasteiger partial charge in [-0.1, -0.05) is 18.2 Å². The lowest BCUT2D eigenvalue weighted by molar-refractivity contribution is -0.121. The first-order chi connectivity index (χ1) is 11.2. The van der Waals surface area contributed by atoms with E-state index >= 15 is 0 Å². The van der Waals surface area contributed by atoms with E-state index in [0.29, 0.717) is 5.56 Å². The summed E-state index contributed by atoms with van der Waals surface area (Å²) in [5.41, 5.74) is 8.96. The molecule has 5 nitrogen and oxygen atoms in total. The Hall–Kier alpha value is -2.69. The van der Waals surface area contributed by atoms with Gasteiger partial charge in [0.2, 0.25) is 5.91 Å². The van der Waals surface area contributed by atoms with E-state index in [1.54, 1.807) is 18.3 Å². The molecule has 0 spiro atoms. The number of nitrogens with zero attached hydrogens (tertiary/aromatic N) is 1. The zero-order chi connectivity index (χ0) is 16.1. The number of aryl methyl sites for hydroxylation is 2. The fraction of sp³-hybridized carbons (Fsp3) is 0.278. The van der Waals surface area contributed by atoms with E-state index in [1.165, 1.54) is 30.2 Å². The maximum Gasteiger partial charge on any atom is 0.271 e. The van der Waals surface area contributed by atoms with Crippen molar-refractivity contribution in [2.24, 2.45) is 0 Å². The summed E-state index contributed by atoms with van der Waals surface area (Å²) in [5.74, 6) is -0.616. The molecular formula is C18H19N3O2. The molecule has 0 unspecified atom stereocenters. The van der Waals surface area contributed by atoms with Gasteiger partial charge in [-0.2, -0.15) is 0 Å². The second-order valence-electron chi connectivity index (χ2n) is 5.73. The molecule has 3 rings (SSSR count). The molecule has 5 heteroatoms. The normalized spacial score (nSPS) is 13.0. The Balaban J connectivity index is 1.54. The van der Waals surface area contributed by atoms with E-state index in [-0.39, 0.29) is 18.2 Å². The van der Waals surface area contributed by atoms with Gasteiger partial charge in [0.15, 0.2) is 0 Å². The van der Waals surface area contributed by atoms with Gasteiger partial charge in [0, 0.05) is 12.4 Å². The molecule has 0 atom stereocenters. The summed E-state index contributed by atoms with van der Waals surface area (Å²) in [6, 6.07) is 9.52. The van der Waals surface area contributed by atoms with Crippen molar-refractivity contribution in [2.45, 2.75) is 32.1 Å². The highest BCUT2D eigenvalue weighted by molar-refractivity contribution is 5.95. The Morgan fingerprint density at radius 1 is 1.04 bits per heavy atom. The summed E-state index contributed by atoms with van der Waals surface area (Å²) < 4.78 is 0. The van der Waals surface area contributed by atoms with Gasteiger partial charge in [0.1, 0.15) is 0 Å². The molecule has 1 aliphatic carbocycles. The Labute approximate surface area is 135 Å². The summed E-state index contributed by atoms with van der Waals surface area (Å²) in [6.45, 7) is 0. The second-order valence-corrected chi connectivity index (χ2v) is 5.73. The van der Waals surface area contributed by atoms with Gasteiger partial charge in [0.25, 0.3) is 5.91 Å². The zero-order valence-electron chi connectivity index (χ0n) is 12.8. The lowest BCUT2D eigenvalue weighted by Gasteiger charge is -2.16. The van der Waals surface area contributed by atoms with Crippen LogP contribution >= 0.6 is 0 Å². The number of nitrogens with one attached hydrogen (secondary N) is 2. The number of hydrogen-bond acceptors (Lipinski definition) is 3. The van der Waals surface area contributed by atoms with Crippen molar-refractivity contribution < 1.29 is 9.59 Å². The lowest BCUT2D eigenvalue weighted by atomic mass is 9.90. The molecule has 0 saturated carbocycles. The van der Waals surface area contributed by atoms with Gasteiger partial charge in [-0.3, -0.25) is 25.4 Å². The molecular weight excluding hydrogens is 290 g/mol. The molecule has 23 heavy (non-hydrogen) atoms. The first-order valence-electron chi connectivity index (χ1n) is 7.82. The fourth-order valence-electron chi connectivity index (χ4n) is 2.82. The monoisotopic (exact) mass is 309 g/mol. The third-order valence-corrected chi connectivity index (χ3v) is 4.02. The average Bonchev–Trinajstić information content (AvgIpc) is 2.60. The highest BCUT2D eigenvalue weighted by Crippen LogP contribution is 2.22. The van der Waals surface area contributed by atoms with Crippen LogP contribution in [0.5, 0.6) is 0 Å². The predicted molar refractivity (Wildman–Crippen MR) is 86.6 cm³/mol. The van der Waals surface area contributed by atoms with Crippen molar-refractivity contribution in [2.75, 3.05) is 0 Å². The number of aromatic nitrogens is 1.